The number of benzene rings is 8. The molecule has 2 aliphatic carbocycles. The third-order valence-corrected chi connectivity index (χ3v) is 17.5. The number of para-hydroxylation sites is 3. The second-order valence-electron chi connectivity index (χ2n) is 22.6. The van der Waals surface area contributed by atoms with Crippen LogP contribution in [0.4, 0.5) is 28.4 Å². The van der Waals surface area contributed by atoms with Crippen LogP contribution in [0.15, 0.2) is 175 Å². The van der Waals surface area contributed by atoms with Crippen molar-refractivity contribution in [1.82, 2.24) is 0 Å². The lowest BCUT2D eigenvalue weighted by Gasteiger charge is -2.53. The van der Waals surface area contributed by atoms with E-state index in [2.05, 4.69) is 235 Å². The van der Waals surface area contributed by atoms with Crippen LogP contribution < -0.4 is 25.4 Å². The predicted octanol–water partition coefficient (Wildman–Crippen LogP) is 16.7. The van der Waals surface area contributed by atoms with Gasteiger partial charge in [0.2, 0.25) is 0 Å². The third kappa shape index (κ3) is 6.28. The molecule has 0 spiro atoms. The van der Waals surface area contributed by atoms with Crippen LogP contribution >= 0.6 is 0 Å². The van der Waals surface area contributed by atoms with E-state index in [9.17, 15) is 0 Å². The van der Waals surface area contributed by atoms with Crippen LogP contribution in [-0.2, 0) is 16.2 Å². The van der Waals surface area contributed by atoms with Gasteiger partial charge in [-0.2, -0.15) is 0 Å². The summed E-state index contributed by atoms with van der Waals surface area (Å²) in [6.45, 7) is 18.8. The number of fused-ring (bicyclic) bond motifs is 9. The lowest BCUT2D eigenvalue weighted by Crippen LogP contribution is -2.63. The fourth-order valence-electron chi connectivity index (χ4n) is 13.6. The molecule has 4 heteroatoms. The normalized spacial score (nSPS) is 19.0. The first kappa shape index (κ1) is 43.9. The molecule has 3 nitrogen and oxygen atoms in total. The van der Waals surface area contributed by atoms with E-state index < -0.39 is 5.41 Å². The maximum absolute atomic E-state index is 7.25. The Morgan fingerprint density at radius 2 is 1.34 bits per heavy atom. The smallest absolute Gasteiger partial charge is 0.333 e. The van der Waals surface area contributed by atoms with Crippen molar-refractivity contribution in [1.29, 1.82) is 0 Å². The van der Waals surface area contributed by atoms with Crippen molar-refractivity contribution in [3.8, 4) is 22.6 Å². The van der Waals surface area contributed by atoms with Gasteiger partial charge >= 0.3 is 6.85 Å². The molecular weight excluding hydrogens is 860 g/mol. The molecule has 3 heterocycles. The van der Waals surface area contributed by atoms with E-state index >= 15 is 0 Å². The van der Waals surface area contributed by atoms with Gasteiger partial charge in [0.25, 0.3) is 0 Å². The zero-order valence-corrected chi connectivity index (χ0v) is 42.7. The number of nitrogens with zero attached hydrogens (tertiary/aromatic N) is 2. The zero-order chi connectivity index (χ0) is 48.6. The van der Waals surface area contributed by atoms with Crippen LogP contribution in [0.1, 0.15) is 124 Å². The first-order chi connectivity index (χ1) is 34.4. The Morgan fingerprint density at radius 1 is 0.620 bits per heavy atom. The Morgan fingerprint density at radius 3 is 2.13 bits per heavy atom. The largest absolute Gasteiger partial charge is 0.457 e. The molecule has 8 aromatic rings. The summed E-state index contributed by atoms with van der Waals surface area (Å²) in [6.07, 6.45) is 12.8. The molecule has 0 saturated heterocycles. The minimum absolute atomic E-state index is 0.0273. The lowest BCUT2D eigenvalue weighted by atomic mass is 9.41. The Balaban J connectivity index is 1.17. The minimum atomic E-state index is -0.539. The van der Waals surface area contributed by atoms with E-state index in [0.717, 1.165) is 48.4 Å². The zero-order valence-electron chi connectivity index (χ0n) is 42.7. The monoisotopic (exact) mass is 923 g/mol. The molecule has 0 bridgehead atoms. The predicted molar refractivity (Wildman–Crippen MR) is 300 cm³/mol. The standard InChI is InChI=1S/C67H63BN2O/c1-9-42(2)48-28-18-21-34-60(48)71-61-41-58-55(38-44(61)4)68-63-59(69(58)57-40-54-53(37-43(57)3)65(5,6)35-36-66(54,7)8)39-45-23-16-17-29-49(45)62(63)50-30-22-32-52-64(50)70(68)56-33-20-19-31-51(56)67(52,46-24-12-10-13-25-46)47-26-14-11-15-27-47/h10,12-14,16-34,37-42H,9,11,15,35-36H2,1-8H3. The number of allylic oxidation sites excluding steroid dienone is 4. The second kappa shape index (κ2) is 16.0. The molecule has 0 N–H and O–H groups in total. The summed E-state index contributed by atoms with van der Waals surface area (Å²) < 4.78 is 7.25. The van der Waals surface area contributed by atoms with Crippen molar-refractivity contribution in [3.63, 3.8) is 0 Å². The van der Waals surface area contributed by atoms with Crippen LogP contribution in [-0.4, -0.2) is 6.85 Å². The average Bonchev–Trinajstić information content (AvgIpc) is 3.40. The maximum atomic E-state index is 7.25. The average molecular weight is 923 g/mol. The molecule has 0 fully saturated rings. The van der Waals surface area contributed by atoms with Gasteiger partial charge in [-0.3, -0.25) is 0 Å². The van der Waals surface area contributed by atoms with Crippen LogP contribution in [0.3, 0.4) is 0 Å². The molecule has 13 rings (SSSR count). The molecule has 0 radical (unpaired) electrons. The van der Waals surface area contributed by atoms with E-state index in [1.807, 2.05) is 0 Å². The third-order valence-electron chi connectivity index (χ3n) is 17.5. The molecule has 2 atom stereocenters. The van der Waals surface area contributed by atoms with E-state index in [4.69, 9.17) is 4.74 Å². The summed E-state index contributed by atoms with van der Waals surface area (Å²) in [6, 6.07) is 58.2. The molecule has 0 amide bonds. The van der Waals surface area contributed by atoms with E-state index in [1.165, 1.54) is 107 Å². The second-order valence-corrected chi connectivity index (χ2v) is 22.6. The van der Waals surface area contributed by atoms with Gasteiger partial charge in [0.05, 0.1) is 5.41 Å². The van der Waals surface area contributed by atoms with Crippen LogP contribution in [0.2, 0.25) is 0 Å². The Labute approximate surface area is 421 Å². The summed E-state index contributed by atoms with van der Waals surface area (Å²) in [4.78, 5) is 5.41. The van der Waals surface area contributed by atoms with Gasteiger partial charge in [-0.1, -0.05) is 181 Å². The topological polar surface area (TPSA) is 15.7 Å². The first-order valence-electron chi connectivity index (χ1n) is 26.3. The Bertz CT molecular complexity index is 3580. The van der Waals surface area contributed by atoms with Gasteiger partial charge in [0.15, 0.2) is 0 Å². The van der Waals surface area contributed by atoms with Crippen molar-refractivity contribution in [2.45, 2.75) is 110 Å². The molecule has 0 saturated carbocycles. The Hall–Kier alpha value is -7.04. The number of hydrogen-bond acceptors (Lipinski definition) is 3. The highest BCUT2D eigenvalue weighted by Gasteiger charge is 2.54. The van der Waals surface area contributed by atoms with E-state index in [0.29, 0.717) is 5.92 Å². The quantitative estimate of drug-likeness (QED) is 0.148. The van der Waals surface area contributed by atoms with Crippen molar-refractivity contribution in [2.75, 3.05) is 9.71 Å². The summed E-state index contributed by atoms with van der Waals surface area (Å²) in [5.74, 6) is 2.18. The van der Waals surface area contributed by atoms with Crippen molar-refractivity contribution < 1.29 is 4.74 Å². The Kier molecular flexibility index (Phi) is 9.90. The number of anilines is 5. The molecule has 5 aliphatic rings. The fraction of sp³-hybridized carbons (Fsp3) is 0.254. The number of hydrogen-bond donors (Lipinski definition) is 0. The van der Waals surface area contributed by atoms with Gasteiger partial charge in [-0.05, 0) is 164 Å². The van der Waals surface area contributed by atoms with Gasteiger partial charge in [-0.25, -0.2) is 0 Å². The van der Waals surface area contributed by atoms with Gasteiger partial charge < -0.3 is 14.4 Å². The fourth-order valence-corrected chi connectivity index (χ4v) is 13.6. The highest BCUT2D eigenvalue weighted by atomic mass is 16.5. The summed E-state index contributed by atoms with van der Waals surface area (Å²) in [7, 11) is 0. The maximum Gasteiger partial charge on any atom is 0.333 e. The van der Waals surface area contributed by atoms with Crippen molar-refractivity contribution in [3.05, 3.63) is 220 Å². The van der Waals surface area contributed by atoms with Crippen LogP contribution in [0.25, 0.3) is 21.9 Å². The highest BCUT2D eigenvalue weighted by molar-refractivity contribution is 6.94. The molecular formula is C67H63BN2O. The summed E-state index contributed by atoms with van der Waals surface area (Å²) in [5, 5.41) is 2.53. The summed E-state index contributed by atoms with van der Waals surface area (Å²) >= 11 is 0. The van der Waals surface area contributed by atoms with Gasteiger partial charge in [-0.15, -0.1) is 0 Å². The highest BCUT2D eigenvalue weighted by Crippen LogP contribution is 2.62. The molecule has 8 aromatic carbocycles. The first-order valence-corrected chi connectivity index (χ1v) is 26.3. The van der Waals surface area contributed by atoms with Crippen molar-refractivity contribution in [2.24, 2.45) is 0 Å². The molecule has 350 valence electrons. The minimum Gasteiger partial charge on any atom is -0.457 e. The number of rotatable bonds is 7. The van der Waals surface area contributed by atoms with Crippen LogP contribution in [0, 0.1) is 13.8 Å². The summed E-state index contributed by atoms with van der Waals surface area (Å²) in [5.41, 5.74) is 22.9. The molecule has 2 unspecified atom stereocenters. The lowest BCUT2D eigenvalue weighted by molar-refractivity contribution is 0.332. The number of aryl methyl sites for hydroxylation is 2. The van der Waals surface area contributed by atoms with Gasteiger partial charge in [0.1, 0.15) is 11.5 Å². The molecule has 71 heavy (non-hydrogen) atoms. The molecule has 0 aromatic heterocycles. The molecule has 3 aliphatic heterocycles. The SMILES string of the molecule is CCC(C)c1ccccc1Oc1cc2c(cc1C)B1c3c(cc4ccccc4c3-c3cccc4c3N1c1ccccc1C4(C1=CCCC=C1)c1ccccc1)N2c1cc2c(cc1C)C(C)(C)CCC2(C)C. The van der Waals surface area contributed by atoms with Crippen LogP contribution in [0.5, 0.6) is 11.5 Å². The van der Waals surface area contributed by atoms with E-state index in [1.54, 1.807) is 0 Å². The van der Waals surface area contributed by atoms with Crippen molar-refractivity contribution >= 4 is 57.0 Å². The van der Waals surface area contributed by atoms with E-state index in [-0.39, 0.29) is 17.7 Å². The number of ether oxygens (including phenoxy) is 1. The van der Waals surface area contributed by atoms with Gasteiger partial charge in [0, 0.05) is 40.1 Å².